The number of amides is 1. The lowest BCUT2D eigenvalue weighted by molar-refractivity contribution is 0.0859. The number of nitrogens with one attached hydrogen (secondary N) is 1. The molecule has 1 amide bonds. The number of fused-ring (bicyclic) bond motifs is 2. The van der Waals surface area contributed by atoms with E-state index in [1.54, 1.807) is 18.6 Å². The molecule has 0 radical (unpaired) electrons. The molecule has 1 saturated heterocycles. The van der Waals surface area contributed by atoms with Gasteiger partial charge in [-0.2, -0.15) is 9.78 Å². The van der Waals surface area contributed by atoms with Crippen LogP contribution in [0.5, 0.6) is 0 Å². The smallest absolute Gasteiger partial charge is 0.257 e. The van der Waals surface area contributed by atoms with E-state index in [0.29, 0.717) is 28.7 Å². The van der Waals surface area contributed by atoms with E-state index >= 15 is 0 Å². The monoisotopic (exact) mass is 415 g/mol. The first-order valence-electron chi connectivity index (χ1n) is 10.1. The number of carbonyl (C=O) groups is 1. The fourth-order valence-electron chi connectivity index (χ4n) is 3.67. The minimum absolute atomic E-state index is 0.0223. The molecule has 0 bridgehead atoms. The molecule has 4 aromatic rings. The zero-order chi connectivity index (χ0) is 21.2. The van der Waals surface area contributed by atoms with Crippen molar-refractivity contribution in [3.8, 4) is 0 Å². The van der Waals surface area contributed by atoms with Crippen molar-refractivity contribution in [1.82, 2.24) is 24.9 Å². The summed E-state index contributed by atoms with van der Waals surface area (Å²) in [5.41, 5.74) is 9.63. The molecule has 3 N–H and O–H groups in total. The molecule has 9 nitrogen and oxygen atoms in total. The molecular weight excluding hydrogens is 394 g/mol. The molecule has 1 aliphatic heterocycles. The van der Waals surface area contributed by atoms with Crippen LogP contribution in [0.4, 0.5) is 5.82 Å². The molecule has 0 unspecified atom stereocenters. The summed E-state index contributed by atoms with van der Waals surface area (Å²) in [5.74, 6) is -0.145. The van der Waals surface area contributed by atoms with E-state index in [1.807, 2.05) is 36.4 Å². The number of rotatable bonds is 5. The third-order valence-corrected chi connectivity index (χ3v) is 5.22. The van der Waals surface area contributed by atoms with Gasteiger partial charge < -0.3 is 15.8 Å². The quantitative estimate of drug-likeness (QED) is 0.483. The summed E-state index contributed by atoms with van der Waals surface area (Å²) >= 11 is 0. The lowest BCUT2D eigenvalue weighted by Crippen LogP contribution is -2.32. The predicted molar refractivity (Wildman–Crippen MR) is 118 cm³/mol. The van der Waals surface area contributed by atoms with Crippen LogP contribution in [0.15, 0.2) is 53.9 Å². The molecule has 31 heavy (non-hydrogen) atoms. The van der Waals surface area contributed by atoms with E-state index in [0.717, 1.165) is 25.0 Å². The zero-order valence-electron chi connectivity index (χ0n) is 16.7. The summed E-state index contributed by atoms with van der Waals surface area (Å²) < 4.78 is 7.05. The van der Waals surface area contributed by atoms with Gasteiger partial charge in [0, 0.05) is 31.1 Å². The second-order valence-electron chi connectivity index (χ2n) is 7.33. The van der Waals surface area contributed by atoms with Gasteiger partial charge in [0.25, 0.3) is 5.91 Å². The van der Waals surface area contributed by atoms with Crippen LogP contribution in [0, 0.1) is 0 Å². The minimum Gasteiger partial charge on any atom is -0.383 e. The Balaban J connectivity index is 1.59. The predicted octanol–water partition coefficient (Wildman–Crippen LogP) is 2.35. The standard InChI is InChI=1S/C22H21N7O2/c23-20-18(22(30)25-13-15-6-4-10-31-15)19-21(28-17-8-2-1-7-16(17)27-19)29(20)26-12-14-5-3-9-24-11-14/h1-3,5,7-9,11-12,15H,4,6,10,13,23H2,(H,25,30)/b26-12-/t15-/m1/s1. The second-order valence-corrected chi connectivity index (χ2v) is 7.33. The van der Waals surface area contributed by atoms with Crippen molar-refractivity contribution >= 4 is 40.1 Å². The number of hydrogen-bond donors (Lipinski definition) is 2. The van der Waals surface area contributed by atoms with Crippen LogP contribution in [0.3, 0.4) is 0 Å². The number of nitrogens with zero attached hydrogens (tertiary/aromatic N) is 5. The highest BCUT2D eigenvalue weighted by Crippen LogP contribution is 2.28. The highest BCUT2D eigenvalue weighted by molar-refractivity contribution is 6.10. The van der Waals surface area contributed by atoms with Gasteiger partial charge in [0.05, 0.1) is 23.4 Å². The molecule has 9 heteroatoms. The Bertz CT molecular complexity index is 1280. The molecular formula is C22H21N7O2. The molecule has 0 aliphatic carbocycles. The lowest BCUT2D eigenvalue weighted by atomic mass is 10.2. The van der Waals surface area contributed by atoms with E-state index in [-0.39, 0.29) is 23.4 Å². The number of para-hydroxylation sites is 2. The number of anilines is 1. The number of nitrogens with two attached hydrogens (primary N) is 1. The minimum atomic E-state index is -0.321. The molecule has 0 spiro atoms. The Kier molecular flexibility index (Phi) is 5.01. The molecule has 1 atom stereocenters. The molecule has 1 fully saturated rings. The summed E-state index contributed by atoms with van der Waals surface area (Å²) in [7, 11) is 0. The maximum atomic E-state index is 13.1. The normalized spacial score (nSPS) is 16.5. The van der Waals surface area contributed by atoms with Crippen molar-refractivity contribution in [2.24, 2.45) is 5.10 Å². The summed E-state index contributed by atoms with van der Waals surface area (Å²) in [4.78, 5) is 26.5. The first-order chi connectivity index (χ1) is 15.2. The van der Waals surface area contributed by atoms with Crippen molar-refractivity contribution in [3.05, 3.63) is 59.9 Å². The van der Waals surface area contributed by atoms with E-state index < -0.39 is 0 Å². The van der Waals surface area contributed by atoms with Gasteiger partial charge in [-0.15, -0.1) is 0 Å². The molecule has 4 heterocycles. The highest BCUT2D eigenvalue weighted by atomic mass is 16.5. The lowest BCUT2D eigenvalue weighted by Gasteiger charge is -2.10. The summed E-state index contributed by atoms with van der Waals surface area (Å²) in [5, 5.41) is 7.39. The van der Waals surface area contributed by atoms with Gasteiger partial charge in [-0.3, -0.25) is 9.78 Å². The Morgan fingerprint density at radius 2 is 2.10 bits per heavy atom. The molecule has 5 rings (SSSR count). The third kappa shape index (κ3) is 3.71. The van der Waals surface area contributed by atoms with Gasteiger partial charge in [0.15, 0.2) is 5.65 Å². The Morgan fingerprint density at radius 1 is 1.26 bits per heavy atom. The van der Waals surface area contributed by atoms with Crippen LogP contribution in [0.25, 0.3) is 22.2 Å². The number of benzene rings is 1. The number of pyridine rings is 1. The third-order valence-electron chi connectivity index (χ3n) is 5.22. The number of ether oxygens (including phenoxy) is 1. The summed E-state index contributed by atoms with van der Waals surface area (Å²) in [6.45, 7) is 1.15. The van der Waals surface area contributed by atoms with Gasteiger partial charge in [0.1, 0.15) is 16.9 Å². The van der Waals surface area contributed by atoms with E-state index in [1.165, 1.54) is 4.68 Å². The SMILES string of the molecule is Nc1c(C(=O)NC[C@H]2CCCO2)c2nc3ccccc3nc2n1/N=C\c1cccnc1. The topological polar surface area (TPSA) is 120 Å². The van der Waals surface area contributed by atoms with Crippen LogP contribution in [-0.4, -0.2) is 51.0 Å². The van der Waals surface area contributed by atoms with Crippen LogP contribution >= 0.6 is 0 Å². The van der Waals surface area contributed by atoms with Crippen molar-refractivity contribution in [2.75, 3.05) is 18.9 Å². The first kappa shape index (κ1) is 19.1. The average molecular weight is 415 g/mol. The van der Waals surface area contributed by atoms with Crippen molar-refractivity contribution in [2.45, 2.75) is 18.9 Å². The highest BCUT2D eigenvalue weighted by Gasteiger charge is 2.25. The number of nitrogen functional groups attached to an aromatic ring is 1. The van der Waals surface area contributed by atoms with Gasteiger partial charge in [-0.25, -0.2) is 9.97 Å². The van der Waals surface area contributed by atoms with Crippen molar-refractivity contribution in [1.29, 1.82) is 0 Å². The van der Waals surface area contributed by atoms with Crippen LogP contribution in [-0.2, 0) is 4.74 Å². The zero-order valence-corrected chi connectivity index (χ0v) is 16.7. The van der Waals surface area contributed by atoms with E-state index in [4.69, 9.17) is 10.5 Å². The maximum absolute atomic E-state index is 13.1. The fourth-order valence-corrected chi connectivity index (χ4v) is 3.67. The van der Waals surface area contributed by atoms with Crippen LogP contribution < -0.4 is 11.1 Å². The van der Waals surface area contributed by atoms with E-state index in [2.05, 4.69) is 25.4 Å². The Morgan fingerprint density at radius 3 is 2.84 bits per heavy atom. The first-order valence-corrected chi connectivity index (χ1v) is 10.1. The molecule has 1 aromatic carbocycles. The van der Waals surface area contributed by atoms with Crippen molar-refractivity contribution < 1.29 is 9.53 Å². The van der Waals surface area contributed by atoms with Crippen molar-refractivity contribution in [3.63, 3.8) is 0 Å². The van der Waals surface area contributed by atoms with E-state index in [9.17, 15) is 4.79 Å². The van der Waals surface area contributed by atoms with Gasteiger partial charge in [0.2, 0.25) is 0 Å². The number of aromatic nitrogens is 4. The molecule has 3 aromatic heterocycles. The fraction of sp³-hybridized carbons (Fsp3) is 0.227. The van der Waals surface area contributed by atoms with Crippen LogP contribution in [0.2, 0.25) is 0 Å². The van der Waals surface area contributed by atoms with Crippen LogP contribution in [0.1, 0.15) is 28.8 Å². The average Bonchev–Trinajstić information content (AvgIpc) is 3.41. The largest absolute Gasteiger partial charge is 0.383 e. The number of hydrogen-bond acceptors (Lipinski definition) is 7. The molecule has 156 valence electrons. The van der Waals surface area contributed by atoms with Gasteiger partial charge in [-0.05, 0) is 31.0 Å². The Labute approximate surface area is 178 Å². The summed E-state index contributed by atoms with van der Waals surface area (Å²) in [6.07, 6.45) is 6.94. The second kappa shape index (κ2) is 8.11. The molecule has 0 saturated carbocycles. The van der Waals surface area contributed by atoms with Gasteiger partial charge >= 0.3 is 0 Å². The summed E-state index contributed by atoms with van der Waals surface area (Å²) in [6, 6.07) is 11.2. The maximum Gasteiger partial charge on any atom is 0.257 e. The number of carbonyl (C=O) groups excluding carboxylic acids is 1. The Hall–Kier alpha value is -3.85. The molecule has 1 aliphatic rings. The van der Waals surface area contributed by atoms with Gasteiger partial charge in [-0.1, -0.05) is 18.2 Å².